The molecule has 0 atom stereocenters. The van der Waals surface area contributed by atoms with Crippen molar-refractivity contribution in [1.82, 2.24) is 9.88 Å². The summed E-state index contributed by atoms with van der Waals surface area (Å²) >= 11 is 0. The molecule has 1 radical (unpaired) electrons. The first-order chi connectivity index (χ1) is 5.75. The molecule has 12 heavy (non-hydrogen) atoms. The number of pyridine rings is 1. The monoisotopic (exact) mass is 163 g/mol. The molecular formula is C9H11N2O. The number of hydrogen-bond acceptors (Lipinski definition) is 2. The van der Waals surface area contributed by atoms with Gasteiger partial charge < -0.3 is 4.90 Å². The summed E-state index contributed by atoms with van der Waals surface area (Å²) in [6.45, 7) is 2.60. The molecule has 0 N–H and O–H groups in total. The van der Waals surface area contributed by atoms with Crippen molar-refractivity contribution < 1.29 is 4.79 Å². The van der Waals surface area contributed by atoms with Crippen LogP contribution in [0.15, 0.2) is 18.3 Å². The third kappa shape index (κ3) is 1.81. The van der Waals surface area contributed by atoms with E-state index in [0.717, 1.165) is 0 Å². The van der Waals surface area contributed by atoms with Gasteiger partial charge in [-0.1, -0.05) is 6.07 Å². The number of aromatic nitrogens is 1. The van der Waals surface area contributed by atoms with Crippen LogP contribution in [0, 0.1) is 6.07 Å². The molecule has 3 heteroatoms. The third-order valence-electron chi connectivity index (χ3n) is 1.63. The molecule has 0 aliphatic rings. The van der Waals surface area contributed by atoms with Crippen molar-refractivity contribution in [3.8, 4) is 0 Å². The zero-order chi connectivity index (χ0) is 8.97. The minimum atomic E-state index is -0.0851. The molecule has 0 bridgehead atoms. The Balaban J connectivity index is 2.79. The Morgan fingerprint density at radius 2 is 2.50 bits per heavy atom. The Kier molecular flexibility index (Phi) is 2.80. The molecule has 0 spiro atoms. The highest BCUT2D eigenvalue weighted by molar-refractivity contribution is 5.91. The van der Waals surface area contributed by atoms with Crippen LogP contribution in [0.4, 0.5) is 0 Å². The van der Waals surface area contributed by atoms with Crippen LogP contribution < -0.4 is 0 Å². The van der Waals surface area contributed by atoms with Gasteiger partial charge in [0.05, 0.1) is 0 Å². The Hall–Kier alpha value is -1.38. The van der Waals surface area contributed by atoms with Crippen LogP contribution in [0.1, 0.15) is 17.4 Å². The van der Waals surface area contributed by atoms with Gasteiger partial charge in [0, 0.05) is 25.9 Å². The molecule has 1 aromatic rings. The fourth-order valence-corrected chi connectivity index (χ4v) is 0.766. The lowest BCUT2D eigenvalue weighted by molar-refractivity contribution is 0.0796. The number of carbonyl (C=O) groups is 1. The average Bonchev–Trinajstić information content (AvgIpc) is 2.17. The first-order valence-corrected chi connectivity index (χ1v) is 3.84. The van der Waals surface area contributed by atoms with Crippen LogP contribution in [0.2, 0.25) is 0 Å². The van der Waals surface area contributed by atoms with Crippen LogP contribution in [0.5, 0.6) is 0 Å². The molecule has 0 saturated heterocycles. The number of nitrogens with zero attached hydrogens (tertiary/aromatic N) is 2. The summed E-state index contributed by atoms with van der Waals surface area (Å²) in [4.78, 5) is 16.9. The highest BCUT2D eigenvalue weighted by atomic mass is 16.2. The maximum atomic E-state index is 11.4. The molecule has 0 fully saturated rings. The molecule has 0 saturated carbocycles. The van der Waals surface area contributed by atoms with E-state index >= 15 is 0 Å². The molecule has 1 heterocycles. The second-order valence-corrected chi connectivity index (χ2v) is 2.45. The van der Waals surface area contributed by atoms with Crippen molar-refractivity contribution in [2.24, 2.45) is 0 Å². The normalized spacial score (nSPS) is 9.50. The fourth-order valence-electron chi connectivity index (χ4n) is 0.766. The molecule has 1 rings (SSSR count). The van der Waals surface area contributed by atoms with Crippen LogP contribution in [-0.4, -0.2) is 29.4 Å². The van der Waals surface area contributed by atoms with Crippen molar-refractivity contribution in [2.75, 3.05) is 13.6 Å². The van der Waals surface area contributed by atoms with E-state index in [1.54, 1.807) is 30.3 Å². The quantitative estimate of drug-likeness (QED) is 0.651. The Labute approximate surface area is 72.0 Å². The van der Waals surface area contributed by atoms with E-state index in [9.17, 15) is 4.79 Å². The van der Waals surface area contributed by atoms with Gasteiger partial charge >= 0.3 is 0 Å². The molecule has 3 nitrogen and oxygen atoms in total. The van der Waals surface area contributed by atoms with Gasteiger partial charge in [-0.3, -0.25) is 9.78 Å². The number of hydrogen-bond donors (Lipinski definition) is 0. The Morgan fingerprint density at radius 1 is 1.75 bits per heavy atom. The van der Waals surface area contributed by atoms with Gasteiger partial charge in [0.25, 0.3) is 5.91 Å². The zero-order valence-corrected chi connectivity index (χ0v) is 7.24. The van der Waals surface area contributed by atoms with E-state index in [1.807, 2.05) is 6.92 Å². The highest BCUT2D eigenvalue weighted by Gasteiger charge is 2.09. The van der Waals surface area contributed by atoms with Crippen molar-refractivity contribution in [3.63, 3.8) is 0 Å². The molecule has 0 aromatic carbocycles. The Morgan fingerprint density at radius 3 is 3.00 bits per heavy atom. The van der Waals surface area contributed by atoms with Gasteiger partial charge in [-0.2, -0.15) is 0 Å². The SMILES string of the molecule is CCN(C)C(=O)c1[c]cccn1. The van der Waals surface area contributed by atoms with E-state index < -0.39 is 0 Å². The van der Waals surface area contributed by atoms with Crippen LogP contribution in [0.25, 0.3) is 0 Å². The van der Waals surface area contributed by atoms with E-state index in [4.69, 9.17) is 0 Å². The average molecular weight is 163 g/mol. The van der Waals surface area contributed by atoms with E-state index in [0.29, 0.717) is 12.2 Å². The maximum Gasteiger partial charge on any atom is 0.272 e. The van der Waals surface area contributed by atoms with Gasteiger partial charge in [0.2, 0.25) is 0 Å². The van der Waals surface area contributed by atoms with E-state index in [-0.39, 0.29) is 5.91 Å². The molecule has 1 amide bonds. The Bertz CT molecular complexity index is 258. The third-order valence-corrected chi connectivity index (χ3v) is 1.63. The lowest BCUT2D eigenvalue weighted by Gasteiger charge is -2.12. The second kappa shape index (κ2) is 3.85. The summed E-state index contributed by atoms with van der Waals surface area (Å²) in [5.41, 5.74) is 0.377. The smallest absolute Gasteiger partial charge is 0.272 e. The first-order valence-electron chi connectivity index (χ1n) is 3.84. The predicted octanol–water partition coefficient (Wildman–Crippen LogP) is 0.974. The largest absolute Gasteiger partial charge is 0.341 e. The zero-order valence-electron chi connectivity index (χ0n) is 7.24. The van der Waals surface area contributed by atoms with Gasteiger partial charge in [0.15, 0.2) is 0 Å². The number of amides is 1. The lowest BCUT2D eigenvalue weighted by Crippen LogP contribution is -2.26. The number of carbonyl (C=O) groups excluding carboxylic acids is 1. The van der Waals surface area contributed by atoms with E-state index in [1.165, 1.54) is 0 Å². The summed E-state index contributed by atoms with van der Waals surface area (Å²) in [5.74, 6) is -0.0851. The topological polar surface area (TPSA) is 33.2 Å². The summed E-state index contributed by atoms with van der Waals surface area (Å²) in [6.07, 6.45) is 1.59. The van der Waals surface area contributed by atoms with Gasteiger partial charge in [-0.05, 0) is 13.0 Å². The van der Waals surface area contributed by atoms with Gasteiger partial charge in [0.1, 0.15) is 5.69 Å². The molecule has 63 valence electrons. The van der Waals surface area contributed by atoms with Crippen LogP contribution in [0.3, 0.4) is 0 Å². The van der Waals surface area contributed by atoms with E-state index in [2.05, 4.69) is 11.1 Å². The van der Waals surface area contributed by atoms with Crippen LogP contribution >= 0.6 is 0 Å². The molecular weight excluding hydrogens is 152 g/mol. The minimum Gasteiger partial charge on any atom is -0.341 e. The van der Waals surface area contributed by atoms with Gasteiger partial charge in [-0.25, -0.2) is 0 Å². The predicted molar refractivity (Wildman–Crippen MR) is 45.7 cm³/mol. The van der Waals surface area contributed by atoms with Crippen molar-refractivity contribution in [2.45, 2.75) is 6.92 Å². The summed E-state index contributed by atoms with van der Waals surface area (Å²) in [7, 11) is 1.74. The van der Waals surface area contributed by atoms with Crippen LogP contribution in [-0.2, 0) is 0 Å². The van der Waals surface area contributed by atoms with Crippen molar-refractivity contribution >= 4 is 5.91 Å². The summed E-state index contributed by atoms with van der Waals surface area (Å²) < 4.78 is 0. The summed E-state index contributed by atoms with van der Waals surface area (Å²) in [6, 6.07) is 6.20. The molecule has 0 aliphatic heterocycles. The van der Waals surface area contributed by atoms with Crippen molar-refractivity contribution in [1.29, 1.82) is 0 Å². The summed E-state index contributed by atoms with van der Waals surface area (Å²) in [5, 5.41) is 0. The van der Waals surface area contributed by atoms with Crippen molar-refractivity contribution in [3.05, 3.63) is 30.1 Å². The lowest BCUT2D eigenvalue weighted by atomic mass is 10.3. The minimum absolute atomic E-state index is 0.0851. The maximum absolute atomic E-state index is 11.4. The molecule has 0 unspecified atom stereocenters. The number of rotatable bonds is 2. The van der Waals surface area contributed by atoms with Gasteiger partial charge in [-0.15, -0.1) is 0 Å². The highest BCUT2D eigenvalue weighted by Crippen LogP contribution is 1.97. The fraction of sp³-hybridized carbons (Fsp3) is 0.333. The second-order valence-electron chi connectivity index (χ2n) is 2.45. The molecule has 1 aromatic heterocycles. The first kappa shape index (κ1) is 8.71. The standard InChI is InChI=1S/C9H11N2O/c1-3-11(2)9(12)8-6-4-5-7-10-8/h4-5,7H,3H2,1-2H3. The molecule has 0 aliphatic carbocycles.